The number of allylic oxidation sites excluding steroid dienone is 4. The van der Waals surface area contributed by atoms with Crippen LogP contribution in [0.15, 0.2) is 23.8 Å². The van der Waals surface area contributed by atoms with Gasteiger partial charge in [-0.2, -0.15) is 0 Å². The molecule has 138 valence electrons. The molecule has 2 heteroatoms. The third-order valence-electron chi connectivity index (χ3n) is 7.99. The average molecular weight is 343 g/mol. The summed E-state index contributed by atoms with van der Waals surface area (Å²) in [4.78, 5) is 11.8. The lowest BCUT2D eigenvalue weighted by Crippen LogP contribution is -2.48. The first-order valence-electron chi connectivity index (χ1n) is 10.6. The first-order chi connectivity index (χ1) is 12.1. The van der Waals surface area contributed by atoms with Crippen LogP contribution in [0.25, 0.3) is 0 Å². The van der Waals surface area contributed by atoms with E-state index in [0.29, 0.717) is 35.1 Å². The lowest BCUT2D eigenvalue weighted by molar-refractivity contribution is -0.116. The van der Waals surface area contributed by atoms with Crippen molar-refractivity contribution in [1.29, 1.82) is 0 Å². The van der Waals surface area contributed by atoms with Crippen LogP contribution >= 0.6 is 0 Å². The fourth-order valence-corrected chi connectivity index (χ4v) is 6.98. The number of rotatable bonds is 4. The second kappa shape index (κ2) is 6.68. The zero-order valence-electron chi connectivity index (χ0n) is 16.2. The summed E-state index contributed by atoms with van der Waals surface area (Å²) in [5.74, 6) is 3.86. The van der Waals surface area contributed by atoms with Gasteiger partial charge in [-0.1, -0.05) is 32.9 Å². The van der Waals surface area contributed by atoms with Crippen LogP contribution in [-0.2, 0) is 9.53 Å². The van der Waals surface area contributed by atoms with E-state index < -0.39 is 0 Å². The molecule has 0 amide bonds. The molecular weight excluding hydrogens is 308 g/mol. The molecule has 7 unspecified atom stereocenters. The topological polar surface area (TPSA) is 26.3 Å². The number of carbonyl (C=O) groups excluding carboxylic acids is 1. The van der Waals surface area contributed by atoms with E-state index >= 15 is 0 Å². The van der Waals surface area contributed by atoms with Gasteiger partial charge in [0.25, 0.3) is 0 Å². The van der Waals surface area contributed by atoms with Gasteiger partial charge in [0.2, 0.25) is 0 Å². The summed E-state index contributed by atoms with van der Waals surface area (Å²) < 4.78 is 6.45. The molecule has 4 rings (SSSR count). The Hall–Kier alpha value is -0.890. The summed E-state index contributed by atoms with van der Waals surface area (Å²) in [6.07, 6.45) is 15.3. The van der Waals surface area contributed by atoms with E-state index in [1.807, 2.05) is 6.08 Å². The summed E-state index contributed by atoms with van der Waals surface area (Å²) in [6.45, 7) is 7.94. The van der Waals surface area contributed by atoms with Gasteiger partial charge in [0.1, 0.15) is 0 Å². The third-order valence-corrected chi connectivity index (χ3v) is 7.99. The van der Waals surface area contributed by atoms with Crippen molar-refractivity contribution in [3.05, 3.63) is 23.8 Å². The molecule has 2 fully saturated rings. The smallest absolute Gasteiger partial charge is 0.155 e. The molecule has 0 radical (unpaired) electrons. The van der Waals surface area contributed by atoms with E-state index in [2.05, 4.69) is 32.9 Å². The number of hydrogen-bond acceptors (Lipinski definition) is 2. The largest absolute Gasteiger partial charge is 0.377 e. The van der Waals surface area contributed by atoms with Crippen LogP contribution in [0.1, 0.15) is 65.7 Å². The van der Waals surface area contributed by atoms with Crippen molar-refractivity contribution in [1.82, 2.24) is 0 Å². The van der Waals surface area contributed by atoms with Crippen molar-refractivity contribution < 1.29 is 9.53 Å². The Morgan fingerprint density at radius 1 is 1.28 bits per heavy atom. The third kappa shape index (κ3) is 2.67. The Morgan fingerprint density at radius 2 is 2.12 bits per heavy atom. The number of ether oxygens (including phenoxy) is 1. The summed E-state index contributed by atoms with van der Waals surface area (Å²) in [7, 11) is 0. The molecule has 0 aliphatic heterocycles. The highest BCUT2D eigenvalue weighted by molar-refractivity contribution is 5.91. The highest BCUT2D eigenvalue weighted by atomic mass is 16.5. The van der Waals surface area contributed by atoms with Crippen molar-refractivity contribution in [2.24, 2.45) is 35.0 Å². The van der Waals surface area contributed by atoms with Crippen molar-refractivity contribution in [2.75, 3.05) is 6.61 Å². The van der Waals surface area contributed by atoms with Crippen molar-refractivity contribution in [2.45, 2.75) is 71.8 Å². The molecule has 0 aromatic heterocycles. The molecule has 0 heterocycles. The highest BCUT2D eigenvalue weighted by Gasteiger charge is 2.59. The van der Waals surface area contributed by atoms with Crippen LogP contribution in [0.5, 0.6) is 0 Å². The molecule has 0 spiro atoms. The number of hydrogen-bond donors (Lipinski definition) is 0. The molecular formula is C23H34O2. The minimum Gasteiger partial charge on any atom is -0.377 e. The number of ketones is 1. The zero-order chi connectivity index (χ0) is 17.6. The predicted octanol–water partition coefficient (Wildman–Crippen LogP) is 5.34. The molecule has 2 saturated carbocycles. The molecule has 4 aliphatic rings. The van der Waals surface area contributed by atoms with E-state index in [9.17, 15) is 4.79 Å². The van der Waals surface area contributed by atoms with Crippen LogP contribution < -0.4 is 0 Å². The van der Waals surface area contributed by atoms with Gasteiger partial charge < -0.3 is 4.74 Å². The number of fused-ring (bicyclic) bond motifs is 5. The molecule has 0 bridgehead atoms. The van der Waals surface area contributed by atoms with Crippen LogP contribution in [0, 0.1) is 35.0 Å². The zero-order valence-corrected chi connectivity index (χ0v) is 16.2. The molecule has 7 atom stereocenters. The summed E-state index contributed by atoms with van der Waals surface area (Å²) >= 11 is 0. The second-order valence-electron chi connectivity index (χ2n) is 9.09. The minimum absolute atomic E-state index is 0.329. The molecule has 25 heavy (non-hydrogen) atoms. The first-order valence-corrected chi connectivity index (χ1v) is 10.6. The van der Waals surface area contributed by atoms with E-state index in [4.69, 9.17) is 4.74 Å². The summed E-state index contributed by atoms with van der Waals surface area (Å²) in [5.41, 5.74) is 1.71. The van der Waals surface area contributed by atoms with E-state index in [-0.39, 0.29) is 0 Å². The Bertz CT molecular complexity index is 589. The van der Waals surface area contributed by atoms with E-state index in [1.165, 1.54) is 31.3 Å². The van der Waals surface area contributed by atoms with Gasteiger partial charge in [-0.25, -0.2) is 0 Å². The maximum atomic E-state index is 11.8. The summed E-state index contributed by atoms with van der Waals surface area (Å²) in [5, 5.41) is 0. The van der Waals surface area contributed by atoms with Crippen molar-refractivity contribution in [3.8, 4) is 0 Å². The minimum atomic E-state index is 0.329. The van der Waals surface area contributed by atoms with Crippen LogP contribution in [-0.4, -0.2) is 18.5 Å². The number of carbonyl (C=O) groups is 1. The van der Waals surface area contributed by atoms with Gasteiger partial charge in [-0.3, -0.25) is 4.79 Å². The Kier molecular flexibility index (Phi) is 4.68. The van der Waals surface area contributed by atoms with Crippen molar-refractivity contribution in [3.63, 3.8) is 0 Å². The van der Waals surface area contributed by atoms with Crippen LogP contribution in [0.4, 0.5) is 0 Å². The normalized spacial score (nSPS) is 45.6. The maximum Gasteiger partial charge on any atom is 0.155 e. The lowest BCUT2D eigenvalue weighted by atomic mass is 9.53. The molecule has 0 aromatic rings. The standard InChI is InChI=1S/C23H34O2/c1-4-12-25-22-15(3)13-21-20-8-6-16-14-17(24)7-9-18(16)19(20)10-11-23(21,22)5-2/h6,8,14-15,18-22H,4-5,7,9-13H2,1-3H3. The van der Waals surface area contributed by atoms with Gasteiger partial charge in [-0.05, 0) is 85.2 Å². The SMILES string of the molecule is CCCOC1C(C)CC2C3C=CC4=CC(=O)CCC4C3CCC21CC. The first kappa shape index (κ1) is 17.5. The monoisotopic (exact) mass is 342 g/mol. The lowest BCUT2D eigenvalue weighted by Gasteiger charge is -2.53. The molecule has 4 aliphatic carbocycles. The van der Waals surface area contributed by atoms with E-state index in [0.717, 1.165) is 37.7 Å². The second-order valence-corrected chi connectivity index (χ2v) is 9.09. The van der Waals surface area contributed by atoms with E-state index in [1.54, 1.807) is 0 Å². The molecule has 0 aromatic carbocycles. The molecule has 0 N–H and O–H groups in total. The van der Waals surface area contributed by atoms with Crippen LogP contribution in [0.3, 0.4) is 0 Å². The molecule has 2 nitrogen and oxygen atoms in total. The van der Waals surface area contributed by atoms with Crippen LogP contribution in [0.2, 0.25) is 0 Å². The van der Waals surface area contributed by atoms with Gasteiger partial charge in [-0.15, -0.1) is 0 Å². The summed E-state index contributed by atoms with van der Waals surface area (Å²) in [6, 6.07) is 0. The maximum absolute atomic E-state index is 11.8. The van der Waals surface area contributed by atoms with Gasteiger partial charge >= 0.3 is 0 Å². The quantitative estimate of drug-likeness (QED) is 0.690. The Morgan fingerprint density at radius 3 is 2.88 bits per heavy atom. The van der Waals surface area contributed by atoms with Crippen molar-refractivity contribution >= 4 is 5.78 Å². The fourth-order valence-electron chi connectivity index (χ4n) is 6.98. The average Bonchev–Trinajstić information content (AvgIpc) is 2.91. The molecule has 0 saturated heterocycles. The Labute approximate surface area is 153 Å². The van der Waals surface area contributed by atoms with Gasteiger partial charge in [0, 0.05) is 13.0 Å². The highest BCUT2D eigenvalue weighted by Crippen LogP contribution is 2.63. The fraction of sp³-hybridized carbons (Fsp3) is 0.783. The Balaban J connectivity index is 1.65. The predicted molar refractivity (Wildman–Crippen MR) is 101 cm³/mol. The van der Waals surface area contributed by atoms with Gasteiger partial charge in [0.15, 0.2) is 5.78 Å². The van der Waals surface area contributed by atoms with Gasteiger partial charge in [0.05, 0.1) is 6.10 Å².